The van der Waals surface area contributed by atoms with Crippen molar-refractivity contribution in [1.29, 1.82) is 0 Å². The summed E-state index contributed by atoms with van der Waals surface area (Å²) in [5.74, 6) is 5.83. The summed E-state index contributed by atoms with van der Waals surface area (Å²) in [5.41, 5.74) is 0.931. The van der Waals surface area contributed by atoms with Gasteiger partial charge >= 0.3 is 0 Å². The lowest BCUT2D eigenvalue weighted by Gasteiger charge is -2.01. The van der Waals surface area contributed by atoms with Crippen molar-refractivity contribution in [3.63, 3.8) is 0 Å². The molecular weight excluding hydrogens is 176 g/mol. The van der Waals surface area contributed by atoms with Crippen LogP contribution in [0.25, 0.3) is 0 Å². The molecule has 1 atom stereocenters. The molecule has 0 aliphatic rings. The van der Waals surface area contributed by atoms with Gasteiger partial charge in [-0.1, -0.05) is 30.0 Å². The Morgan fingerprint density at radius 3 is 2.71 bits per heavy atom. The number of benzene rings is 1. The number of rotatable bonds is 3. The standard InChI is InChI=1S/C12H12O2/c1-14-12(9-10-13)8-7-11-5-3-2-4-6-11/h2-6,10,12H,9H2,1H3. The molecule has 14 heavy (non-hydrogen) atoms. The van der Waals surface area contributed by atoms with Gasteiger partial charge in [-0.25, -0.2) is 0 Å². The average Bonchev–Trinajstić information content (AvgIpc) is 2.25. The van der Waals surface area contributed by atoms with Crippen molar-refractivity contribution in [1.82, 2.24) is 0 Å². The van der Waals surface area contributed by atoms with Crippen LogP contribution in [-0.4, -0.2) is 19.5 Å². The molecule has 0 saturated carbocycles. The Kier molecular flexibility index (Phi) is 4.46. The largest absolute Gasteiger partial charge is 0.368 e. The molecule has 0 aromatic heterocycles. The predicted molar refractivity (Wildman–Crippen MR) is 54.8 cm³/mol. The van der Waals surface area contributed by atoms with E-state index < -0.39 is 0 Å². The molecule has 0 amide bonds. The summed E-state index contributed by atoms with van der Waals surface area (Å²) in [7, 11) is 1.55. The Balaban J connectivity index is 2.66. The third kappa shape index (κ3) is 3.42. The van der Waals surface area contributed by atoms with Crippen LogP contribution in [0.15, 0.2) is 30.3 Å². The smallest absolute Gasteiger partial charge is 0.124 e. The highest BCUT2D eigenvalue weighted by Gasteiger charge is 1.99. The number of carbonyl (C=O) groups excluding carboxylic acids is 1. The highest BCUT2D eigenvalue weighted by atomic mass is 16.5. The minimum absolute atomic E-state index is 0.298. The van der Waals surface area contributed by atoms with Gasteiger partial charge in [-0.2, -0.15) is 0 Å². The molecule has 1 rings (SSSR count). The molecule has 0 bridgehead atoms. The predicted octanol–water partition coefficient (Wildman–Crippen LogP) is 1.64. The summed E-state index contributed by atoms with van der Waals surface area (Å²) in [4.78, 5) is 10.2. The number of carbonyl (C=O) groups is 1. The van der Waals surface area contributed by atoms with Crippen molar-refractivity contribution >= 4 is 6.29 Å². The summed E-state index contributed by atoms with van der Waals surface area (Å²) in [6.45, 7) is 0. The van der Waals surface area contributed by atoms with Gasteiger partial charge in [-0.3, -0.25) is 0 Å². The normalized spacial score (nSPS) is 11.2. The molecule has 0 saturated heterocycles. The first-order valence-corrected chi connectivity index (χ1v) is 4.40. The van der Waals surface area contributed by atoms with Crippen molar-refractivity contribution in [2.24, 2.45) is 0 Å². The summed E-state index contributed by atoms with van der Waals surface area (Å²) in [6, 6.07) is 9.61. The number of methoxy groups -OCH3 is 1. The van der Waals surface area contributed by atoms with Crippen LogP contribution in [-0.2, 0) is 9.53 Å². The fourth-order valence-electron chi connectivity index (χ4n) is 0.987. The lowest BCUT2D eigenvalue weighted by molar-refractivity contribution is -0.109. The van der Waals surface area contributed by atoms with Crippen LogP contribution in [0.1, 0.15) is 12.0 Å². The first kappa shape index (κ1) is 10.5. The van der Waals surface area contributed by atoms with Gasteiger partial charge in [0.05, 0.1) is 0 Å². The molecule has 2 heteroatoms. The molecule has 0 fully saturated rings. The Morgan fingerprint density at radius 2 is 2.14 bits per heavy atom. The molecule has 0 aliphatic carbocycles. The van der Waals surface area contributed by atoms with Gasteiger partial charge in [-0.15, -0.1) is 0 Å². The van der Waals surface area contributed by atoms with Crippen LogP contribution < -0.4 is 0 Å². The first-order chi connectivity index (χ1) is 6.86. The van der Waals surface area contributed by atoms with E-state index in [1.54, 1.807) is 7.11 Å². The van der Waals surface area contributed by atoms with Crippen molar-refractivity contribution in [3.05, 3.63) is 35.9 Å². The zero-order valence-corrected chi connectivity index (χ0v) is 8.07. The fourth-order valence-corrected chi connectivity index (χ4v) is 0.987. The monoisotopic (exact) mass is 188 g/mol. The number of ether oxygens (including phenoxy) is 1. The maximum atomic E-state index is 10.2. The summed E-state index contributed by atoms with van der Waals surface area (Å²) < 4.78 is 5.01. The summed E-state index contributed by atoms with van der Waals surface area (Å²) >= 11 is 0. The Labute approximate surface area is 83.9 Å². The number of aldehydes is 1. The SMILES string of the molecule is COC(C#Cc1ccccc1)CC=O. The molecule has 1 unspecified atom stereocenters. The second-order valence-corrected chi connectivity index (χ2v) is 2.76. The zero-order chi connectivity index (χ0) is 10.2. The summed E-state index contributed by atoms with van der Waals surface area (Å²) in [6.07, 6.45) is 0.831. The van der Waals surface area contributed by atoms with Crippen LogP contribution in [0.5, 0.6) is 0 Å². The van der Waals surface area contributed by atoms with Crippen molar-refractivity contribution in [2.75, 3.05) is 7.11 Å². The van der Waals surface area contributed by atoms with Crippen LogP contribution in [0, 0.1) is 11.8 Å². The Hall–Kier alpha value is -1.59. The van der Waals surface area contributed by atoms with E-state index >= 15 is 0 Å². The molecule has 0 heterocycles. The molecule has 0 spiro atoms. The molecule has 2 nitrogen and oxygen atoms in total. The number of hydrogen-bond acceptors (Lipinski definition) is 2. The van der Waals surface area contributed by atoms with E-state index in [4.69, 9.17) is 4.74 Å². The van der Waals surface area contributed by atoms with Crippen LogP contribution in [0.3, 0.4) is 0 Å². The molecule has 1 aromatic carbocycles. The zero-order valence-electron chi connectivity index (χ0n) is 8.07. The van der Waals surface area contributed by atoms with Gasteiger partial charge in [0.25, 0.3) is 0 Å². The van der Waals surface area contributed by atoms with Gasteiger partial charge in [0, 0.05) is 19.1 Å². The highest BCUT2D eigenvalue weighted by Crippen LogP contribution is 1.97. The van der Waals surface area contributed by atoms with E-state index in [-0.39, 0.29) is 6.10 Å². The van der Waals surface area contributed by atoms with E-state index in [1.807, 2.05) is 30.3 Å². The molecule has 72 valence electrons. The van der Waals surface area contributed by atoms with Gasteiger partial charge in [0.1, 0.15) is 12.4 Å². The third-order valence-electron chi connectivity index (χ3n) is 1.75. The van der Waals surface area contributed by atoms with Crippen LogP contribution in [0.2, 0.25) is 0 Å². The van der Waals surface area contributed by atoms with Gasteiger partial charge < -0.3 is 9.53 Å². The van der Waals surface area contributed by atoms with E-state index in [0.29, 0.717) is 6.42 Å². The van der Waals surface area contributed by atoms with Gasteiger partial charge in [-0.05, 0) is 12.1 Å². The van der Waals surface area contributed by atoms with E-state index in [0.717, 1.165) is 11.8 Å². The minimum Gasteiger partial charge on any atom is -0.368 e. The van der Waals surface area contributed by atoms with Crippen molar-refractivity contribution in [2.45, 2.75) is 12.5 Å². The fraction of sp³-hybridized carbons (Fsp3) is 0.250. The van der Waals surface area contributed by atoms with Crippen molar-refractivity contribution in [3.8, 4) is 11.8 Å². The molecule has 0 radical (unpaired) electrons. The Bertz CT molecular complexity index is 332. The van der Waals surface area contributed by atoms with E-state index in [9.17, 15) is 4.79 Å². The van der Waals surface area contributed by atoms with Gasteiger partial charge in [0.2, 0.25) is 0 Å². The molecule has 0 N–H and O–H groups in total. The van der Waals surface area contributed by atoms with E-state index in [1.165, 1.54) is 0 Å². The summed E-state index contributed by atoms with van der Waals surface area (Å²) in [5, 5.41) is 0. The quantitative estimate of drug-likeness (QED) is 0.532. The first-order valence-electron chi connectivity index (χ1n) is 4.40. The number of hydrogen-bond donors (Lipinski definition) is 0. The topological polar surface area (TPSA) is 26.3 Å². The maximum absolute atomic E-state index is 10.2. The Morgan fingerprint density at radius 1 is 1.43 bits per heavy atom. The lowest BCUT2D eigenvalue weighted by Crippen LogP contribution is -2.07. The maximum Gasteiger partial charge on any atom is 0.124 e. The molecule has 0 aliphatic heterocycles. The third-order valence-corrected chi connectivity index (χ3v) is 1.75. The van der Waals surface area contributed by atoms with E-state index in [2.05, 4.69) is 11.8 Å². The second kappa shape index (κ2) is 5.95. The van der Waals surface area contributed by atoms with Crippen LogP contribution >= 0.6 is 0 Å². The molecular formula is C12H12O2. The van der Waals surface area contributed by atoms with Crippen molar-refractivity contribution < 1.29 is 9.53 Å². The molecule has 1 aromatic rings. The highest BCUT2D eigenvalue weighted by molar-refractivity contribution is 5.51. The lowest BCUT2D eigenvalue weighted by atomic mass is 10.2. The second-order valence-electron chi connectivity index (χ2n) is 2.76. The van der Waals surface area contributed by atoms with Crippen LogP contribution in [0.4, 0.5) is 0 Å². The average molecular weight is 188 g/mol. The van der Waals surface area contributed by atoms with Gasteiger partial charge in [0.15, 0.2) is 0 Å². The minimum atomic E-state index is -0.298.